The number of nitrogens with two attached hydrogens (primary N) is 1. The highest BCUT2D eigenvalue weighted by Gasteiger charge is 2.13. The molecule has 6 nitrogen and oxygen atoms in total. The van der Waals surface area contributed by atoms with Gasteiger partial charge in [0.25, 0.3) is 0 Å². The van der Waals surface area contributed by atoms with Crippen LogP contribution in [0.2, 0.25) is 0 Å². The number of aryl methyl sites for hydroxylation is 1. The molecule has 0 aliphatic carbocycles. The molecular weight excluding hydrogens is 230 g/mol. The number of rotatable bonds is 3. The summed E-state index contributed by atoms with van der Waals surface area (Å²) in [6.45, 7) is 3.45. The molecule has 2 aromatic rings. The fourth-order valence-corrected chi connectivity index (χ4v) is 1.50. The summed E-state index contributed by atoms with van der Waals surface area (Å²) in [6.07, 6.45) is 0. The lowest BCUT2D eigenvalue weighted by molar-refractivity contribution is -0.117. The van der Waals surface area contributed by atoms with Crippen LogP contribution < -0.4 is 11.1 Å². The second kappa shape index (κ2) is 4.97. The SMILES string of the molecule is Cc1nc(-c2ccccc2NC(=O)C(C)N)n[nH]1. The first-order valence-corrected chi connectivity index (χ1v) is 5.63. The van der Waals surface area contributed by atoms with Gasteiger partial charge in [0.05, 0.1) is 11.7 Å². The molecule has 18 heavy (non-hydrogen) atoms. The Kier molecular flexibility index (Phi) is 3.38. The fraction of sp³-hybridized carbons (Fsp3) is 0.250. The summed E-state index contributed by atoms with van der Waals surface area (Å²) in [6, 6.07) is 6.77. The van der Waals surface area contributed by atoms with Crippen molar-refractivity contribution in [1.29, 1.82) is 0 Å². The number of anilines is 1. The minimum absolute atomic E-state index is 0.241. The van der Waals surface area contributed by atoms with Gasteiger partial charge in [-0.3, -0.25) is 9.89 Å². The Morgan fingerprint density at radius 1 is 1.44 bits per heavy atom. The van der Waals surface area contributed by atoms with Crippen molar-refractivity contribution in [2.75, 3.05) is 5.32 Å². The summed E-state index contributed by atoms with van der Waals surface area (Å²) < 4.78 is 0. The van der Waals surface area contributed by atoms with Gasteiger partial charge in [0.2, 0.25) is 5.91 Å². The molecule has 94 valence electrons. The van der Waals surface area contributed by atoms with Gasteiger partial charge in [-0.05, 0) is 26.0 Å². The summed E-state index contributed by atoms with van der Waals surface area (Å²) in [5.41, 5.74) is 6.94. The van der Waals surface area contributed by atoms with Crippen LogP contribution in [0, 0.1) is 6.92 Å². The maximum atomic E-state index is 11.6. The van der Waals surface area contributed by atoms with Crippen molar-refractivity contribution in [3.05, 3.63) is 30.1 Å². The Morgan fingerprint density at radius 2 is 2.17 bits per heavy atom. The normalized spacial score (nSPS) is 12.2. The van der Waals surface area contributed by atoms with Gasteiger partial charge < -0.3 is 11.1 Å². The molecule has 1 aromatic carbocycles. The molecule has 0 fully saturated rings. The highest BCUT2D eigenvalue weighted by molar-refractivity contribution is 5.97. The predicted octanol–water partition coefficient (Wildman–Crippen LogP) is 1.07. The third kappa shape index (κ3) is 2.54. The van der Waals surface area contributed by atoms with E-state index in [2.05, 4.69) is 20.5 Å². The first-order valence-electron chi connectivity index (χ1n) is 5.63. The number of hydrogen-bond acceptors (Lipinski definition) is 4. The second-order valence-corrected chi connectivity index (χ2v) is 4.07. The van der Waals surface area contributed by atoms with E-state index in [1.54, 1.807) is 13.0 Å². The monoisotopic (exact) mass is 245 g/mol. The third-order valence-electron chi connectivity index (χ3n) is 2.44. The van der Waals surface area contributed by atoms with E-state index in [1.165, 1.54) is 0 Å². The molecule has 1 atom stereocenters. The predicted molar refractivity (Wildman–Crippen MR) is 68.8 cm³/mol. The number of hydrogen-bond donors (Lipinski definition) is 3. The number of benzene rings is 1. The van der Waals surface area contributed by atoms with Crippen LogP contribution in [0.5, 0.6) is 0 Å². The van der Waals surface area contributed by atoms with E-state index < -0.39 is 6.04 Å². The van der Waals surface area contributed by atoms with Crippen LogP contribution in [0.3, 0.4) is 0 Å². The van der Waals surface area contributed by atoms with Crippen LogP contribution in [0.1, 0.15) is 12.7 Å². The molecule has 0 bridgehead atoms. The zero-order valence-corrected chi connectivity index (χ0v) is 10.3. The lowest BCUT2D eigenvalue weighted by atomic mass is 10.1. The average molecular weight is 245 g/mol. The first-order chi connectivity index (χ1) is 8.58. The summed E-state index contributed by atoms with van der Waals surface area (Å²) in [5, 5.41) is 9.61. The molecule has 1 aromatic heterocycles. The molecule has 1 amide bonds. The Bertz CT molecular complexity index is 561. The number of nitrogens with zero attached hydrogens (tertiary/aromatic N) is 2. The van der Waals surface area contributed by atoms with E-state index >= 15 is 0 Å². The van der Waals surface area contributed by atoms with Crippen molar-refractivity contribution in [2.45, 2.75) is 19.9 Å². The zero-order valence-electron chi connectivity index (χ0n) is 10.3. The smallest absolute Gasteiger partial charge is 0.241 e. The van der Waals surface area contributed by atoms with Crippen molar-refractivity contribution in [3.8, 4) is 11.4 Å². The van der Waals surface area contributed by atoms with Gasteiger partial charge in [-0.25, -0.2) is 4.98 Å². The van der Waals surface area contributed by atoms with Gasteiger partial charge in [0.1, 0.15) is 5.82 Å². The van der Waals surface area contributed by atoms with Crippen LogP contribution >= 0.6 is 0 Å². The molecule has 0 spiro atoms. The van der Waals surface area contributed by atoms with E-state index in [0.717, 1.165) is 11.4 Å². The Morgan fingerprint density at radius 3 is 2.78 bits per heavy atom. The van der Waals surface area contributed by atoms with Crippen LogP contribution in [-0.4, -0.2) is 27.1 Å². The number of aromatic amines is 1. The first kappa shape index (κ1) is 12.3. The number of amides is 1. The van der Waals surface area contributed by atoms with Crippen molar-refractivity contribution in [3.63, 3.8) is 0 Å². The van der Waals surface area contributed by atoms with Crippen molar-refractivity contribution in [1.82, 2.24) is 15.2 Å². The summed E-state index contributed by atoms with van der Waals surface area (Å²) in [5.74, 6) is 1.03. The minimum Gasteiger partial charge on any atom is -0.324 e. The lowest BCUT2D eigenvalue weighted by Crippen LogP contribution is -2.32. The maximum absolute atomic E-state index is 11.6. The summed E-state index contributed by atoms with van der Waals surface area (Å²) >= 11 is 0. The van der Waals surface area contributed by atoms with Gasteiger partial charge in [-0.2, -0.15) is 5.10 Å². The number of carbonyl (C=O) groups is 1. The molecule has 0 aliphatic rings. The molecule has 2 rings (SSSR count). The quantitative estimate of drug-likeness (QED) is 0.753. The molecule has 0 saturated heterocycles. The number of H-pyrrole nitrogens is 1. The molecule has 1 unspecified atom stereocenters. The molecule has 1 heterocycles. The van der Waals surface area contributed by atoms with Gasteiger partial charge in [-0.1, -0.05) is 12.1 Å². The van der Waals surface area contributed by atoms with Crippen molar-refractivity contribution in [2.24, 2.45) is 5.73 Å². The third-order valence-corrected chi connectivity index (χ3v) is 2.44. The van der Waals surface area contributed by atoms with Crippen LogP contribution in [0.15, 0.2) is 24.3 Å². The Balaban J connectivity index is 2.34. The van der Waals surface area contributed by atoms with E-state index in [4.69, 9.17) is 5.73 Å². The zero-order chi connectivity index (χ0) is 13.1. The fourth-order valence-electron chi connectivity index (χ4n) is 1.50. The standard InChI is InChI=1S/C12H15N5O/c1-7(13)12(18)15-10-6-4-3-5-9(10)11-14-8(2)16-17-11/h3-7H,13H2,1-2H3,(H,15,18)(H,14,16,17). The van der Waals surface area contributed by atoms with Crippen molar-refractivity contribution >= 4 is 11.6 Å². The largest absolute Gasteiger partial charge is 0.324 e. The van der Waals surface area contributed by atoms with Gasteiger partial charge in [0, 0.05) is 5.56 Å². The number of nitrogens with one attached hydrogen (secondary N) is 2. The highest BCUT2D eigenvalue weighted by Crippen LogP contribution is 2.24. The molecule has 4 N–H and O–H groups in total. The van der Waals surface area contributed by atoms with Crippen LogP contribution in [0.25, 0.3) is 11.4 Å². The van der Waals surface area contributed by atoms with E-state index in [1.807, 2.05) is 25.1 Å². The average Bonchev–Trinajstić information content (AvgIpc) is 2.76. The number of carbonyl (C=O) groups excluding carboxylic acids is 1. The minimum atomic E-state index is -0.563. The Hall–Kier alpha value is -2.21. The highest BCUT2D eigenvalue weighted by atomic mass is 16.2. The van der Waals surface area contributed by atoms with E-state index in [-0.39, 0.29) is 5.91 Å². The molecule has 0 radical (unpaired) electrons. The van der Waals surface area contributed by atoms with E-state index in [0.29, 0.717) is 11.5 Å². The number of para-hydroxylation sites is 1. The summed E-state index contributed by atoms with van der Waals surface area (Å²) in [4.78, 5) is 15.9. The number of aromatic nitrogens is 3. The van der Waals surface area contributed by atoms with Gasteiger partial charge in [-0.15, -0.1) is 0 Å². The van der Waals surface area contributed by atoms with E-state index in [9.17, 15) is 4.79 Å². The lowest BCUT2D eigenvalue weighted by Gasteiger charge is -2.10. The molecule has 0 aliphatic heterocycles. The van der Waals surface area contributed by atoms with Gasteiger partial charge in [0.15, 0.2) is 5.82 Å². The maximum Gasteiger partial charge on any atom is 0.241 e. The molecule has 0 saturated carbocycles. The molecular formula is C12H15N5O. The Labute approximate surface area is 105 Å². The van der Waals surface area contributed by atoms with Gasteiger partial charge >= 0.3 is 0 Å². The second-order valence-electron chi connectivity index (χ2n) is 4.07. The molecule has 6 heteroatoms. The van der Waals surface area contributed by atoms with Crippen LogP contribution in [0.4, 0.5) is 5.69 Å². The topological polar surface area (TPSA) is 96.7 Å². The van der Waals surface area contributed by atoms with Crippen LogP contribution in [-0.2, 0) is 4.79 Å². The summed E-state index contributed by atoms with van der Waals surface area (Å²) in [7, 11) is 0. The van der Waals surface area contributed by atoms with Crippen molar-refractivity contribution < 1.29 is 4.79 Å².